The van der Waals surface area contributed by atoms with Crippen LogP contribution in [0.3, 0.4) is 0 Å². The van der Waals surface area contributed by atoms with Crippen molar-refractivity contribution in [3.8, 4) is 5.75 Å². The first-order valence-electron chi connectivity index (χ1n) is 6.80. The van der Waals surface area contributed by atoms with Crippen LogP contribution in [-0.4, -0.2) is 7.11 Å². The number of ether oxygens (including phenoxy) is 1. The maximum atomic E-state index is 6.07. The zero-order valence-corrected chi connectivity index (χ0v) is 12.9. The smallest absolute Gasteiger partial charge is 0.121 e. The predicted octanol–water partition coefficient (Wildman–Crippen LogP) is 5.22. The molecule has 1 N–H and O–H groups in total. The monoisotopic (exact) mass is 289 g/mol. The van der Waals surface area contributed by atoms with Gasteiger partial charge in [0.05, 0.1) is 13.2 Å². The third-order valence-electron chi connectivity index (χ3n) is 3.40. The topological polar surface area (TPSA) is 21.3 Å². The fourth-order valence-corrected chi connectivity index (χ4v) is 2.51. The summed E-state index contributed by atoms with van der Waals surface area (Å²) in [5.74, 6) is 0.909. The first kappa shape index (κ1) is 14.7. The van der Waals surface area contributed by atoms with E-state index in [0.717, 1.165) is 28.4 Å². The minimum absolute atomic E-state index is 0.251. The predicted molar refractivity (Wildman–Crippen MR) is 85.8 cm³/mol. The van der Waals surface area contributed by atoms with E-state index in [1.807, 2.05) is 37.3 Å². The Bertz CT molecular complexity index is 583. The summed E-state index contributed by atoms with van der Waals surface area (Å²) in [6.45, 7) is 4.21. The zero-order chi connectivity index (χ0) is 14.5. The summed E-state index contributed by atoms with van der Waals surface area (Å²) in [4.78, 5) is 0. The molecule has 0 bridgehead atoms. The van der Waals surface area contributed by atoms with E-state index in [-0.39, 0.29) is 6.04 Å². The van der Waals surface area contributed by atoms with Gasteiger partial charge in [-0.3, -0.25) is 0 Å². The normalized spacial score (nSPS) is 12.0. The maximum Gasteiger partial charge on any atom is 0.121 e. The molecule has 20 heavy (non-hydrogen) atoms. The molecule has 2 rings (SSSR count). The number of benzene rings is 2. The lowest BCUT2D eigenvalue weighted by atomic mass is 10.0. The number of aryl methyl sites for hydroxylation is 1. The van der Waals surface area contributed by atoms with Crippen LogP contribution in [0.2, 0.25) is 5.02 Å². The Morgan fingerprint density at radius 1 is 1.20 bits per heavy atom. The summed E-state index contributed by atoms with van der Waals surface area (Å²) in [5.41, 5.74) is 3.42. The lowest BCUT2D eigenvalue weighted by Gasteiger charge is -2.20. The molecule has 0 aliphatic rings. The van der Waals surface area contributed by atoms with E-state index in [4.69, 9.17) is 16.3 Å². The maximum absolute atomic E-state index is 6.07. The molecule has 0 aliphatic heterocycles. The molecule has 106 valence electrons. The van der Waals surface area contributed by atoms with Gasteiger partial charge in [-0.1, -0.05) is 30.7 Å². The van der Waals surface area contributed by atoms with Gasteiger partial charge < -0.3 is 10.1 Å². The van der Waals surface area contributed by atoms with Crippen molar-refractivity contribution >= 4 is 17.3 Å². The lowest BCUT2D eigenvalue weighted by molar-refractivity contribution is 0.412. The van der Waals surface area contributed by atoms with Crippen molar-refractivity contribution in [1.82, 2.24) is 0 Å². The van der Waals surface area contributed by atoms with Crippen molar-refractivity contribution in [3.05, 3.63) is 58.6 Å². The zero-order valence-electron chi connectivity index (χ0n) is 12.1. The molecule has 0 amide bonds. The quantitative estimate of drug-likeness (QED) is 0.815. The Kier molecular flexibility index (Phi) is 4.91. The summed E-state index contributed by atoms with van der Waals surface area (Å²) in [5, 5.41) is 4.32. The van der Waals surface area contributed by atoms with Crippen LogP contribution in [0.4, 0.5) is 5.69 Å². The number of rotatable bonds is 5. The van der Waals surface area contributed by atoms with Crippen LogP contribution < -0.4 is 10.1 Å². The summed E-state index contributed by atoms with van der Waals surface area (Å²) in [6, 6.07) is 14.4. The Labute approximate surface area is 125 Å². The number of hydrogen-bond acceptors (Lipinski definition) is 2. The molecule has 0 saturated heterocycles. The molecule has 0 aromatic heterocycles. The number of hydrogen-bond donors (Lipinski definition) is 1. The second-order valence-corrected chi connectivity index (χ2v) is 5.28. The molecule has 1 unspecified atom stereocenters. The Hall–Kier alpha value is -1.67. The van der Waals surface area contributed by atoms with Crippen LogP contribution in [-0.2, 0) is 0 Å². The van der Waals surface area contributed by atoms with E-state index in [0.29, 0.717) is 0 Å². The highest BCUT2D eigenvalue weighted by Crippen LogP contribution is 2.27. The van der Waals surface area contributed by atoms with Crippen LogP contribution >= 0.6 is 11.6 Å². The van der Waals surface area contributed by atoms with Crippen molar-refractivity contribution in [1.29, 1.82) is 0 Å². The van der Waals surface area contributed by atoms with Gasteiger partial charge >= 0.3 is 0 Å². The van der Waals surface area contributed by atoms with Gasteiger partial charge in [-0.2, -0.15) is 0 Å². The minimum atomic E-state index is 0.251. The molecule has 2 aromatic carbocycles. The first-order chi connectivity index (χ1) is 9.63. The van der Waals surface area contributed by atoms with Gasteiger partial charge in [-0.05, 0) is 54.8 Å². The molecule has 0 spiro atoms. The number of halogens is 1. The van der Waals surface area contributed by atoms with E-state index in [1.165, 1.54) is 5.56 Å². The van der Waals surface area contributed by atoms with E-state index >= 15 is 0 Å². The van der Waals surface area contributed by atoms with Gasteiger partial charge in [0, 0.05) is 10.7 Å². The highest BCUT2D eigenvalue weighted by molar-refractivity contribution is 6.30. The summed E-state index contributed by atoms with van der Waals surface area (Å²) < 4.78 is 5.29. The SMILES string of the molecule is CCC(Nc1ccc(OC)c(C)c1)c1cccc(Cl)c1. The molecular formula is C17H20ClNO. The number of nitrogens with one attached hydrogen (secondary N) is 1. The van der Waals surface area contributed by atoms with Crippen LogP contribution in [0.15, 0.2) is 42.5 Å². The van der Waals surface area contributed by atoms with E-state index in [1.54, 1.807) is 7.11 Å². The molecule has 0 saturated carbocycles. The average molecular weight is 290 g/mol. The van der Waals surface area contributed by atoms with Gasteiger partial charge in [0.15, 0.2) is 0 Å². The van der Waals surface area contributed by atoms with E-state index < -0.39 is 0 Å². The molecule has 0 fully saturated rings. The highest BCUT2D eigenvalue weighted by Gasteiger charge is 2.10. The van der Waals surface area contributed by atoms with Crippen LogP contribution in [0.25, 0.3) is 0 Å². The second-order valence-electron chi connectivity index (χ2n) is 4.84. The van der Waals surface area contributed by atoms with Crippen molar-refractivity contribution in [2.75, 3.05) is 12.4 Å². The molecule has 0 aliphatic carbocycles. The molecule has 3 heteroatoms. The van der Waals surface area contributed by atoms with Crippen molar-refractivity contribution in [3.63, 3.8) is 0 Å². The van der Waals surface area contributed by atoms with E-state index in [9.17, 15) is 0 Å². The number of methoxy groups -OCH3 is 1. The van der Waals surface area contributed by atoms with Crippen LogP contribution in [0, 0.1) is 6.92 Å². The number of anilines is 1. The van der Waals surface area contributed by atoms with Gasteiger partial charge in [-0.25, -0.2) is 0 Å². The molecular weight excluding hydrogens is 270 g/mol. The van der Waals surface area contributed by atoms with Crippen molar-refractivity contribution < 1.29 is 4.74 Å². The van der Waals surface area contributed by atoms with Gasteiger partial charge in [-0.15, -0.1) is 0 Å². The van der Waals surface area contributed by atoms with Gasteiger partial charge in [0.2, 0.25) is 0 Å². The third kappa shape index (κ3) is 3.45. The fraction of sp³-hybridized carbons (Fsp3) is 0.294. The average Bonchev–Trinajstić information content (AvgIpc) is 2.45. The first-order valence-corrected chi connectivity index (χ1v) is 7.18. The highest BCUT2D eigenvalue weighted by atomic mass is 35.5. The summed E-state index contributed by atoms with van der Waals surface area (Å²) >= 11 is 6.07. The lowest BCUT2D eigenvalue weighted by Crippen LogP contribution is -2.09. The van der Waals surface area contributed by atoms with E-state index in [2.05, 4.69) is 24.4 Å². The van der Waals surface area contributed by atoms with Gasteiger partial charge in [0.25, 0.3) is 0 Å². The largest absolute Gasteiger partial charge is 0.496 e. The minimum Gasteiger partial charge on any atom is -0.496 e. The molecule has 2 nitrogen and oxygen atoms in total. The Morgan fingerprint density at radius 3 is 2.60 bits per heavy atom. The van der Waals surface area contributed by atoms with Crippen molar-refractivity contribution in [2.24, 2.45) is 0 Å². The molecule has 0 radical (unpaired) electrons. The van der Waals surface area contributed by atoms with Gasteiger partial charge in [0.1, 0.15) is 5.75 Å². The van der Waals surface area contributed by atoms with Crippen LogP contribution in [0.1, 0.15) is 30.5 Å². The van der Waals surface area contributed by atoms with Crippen LogP contribution in [0.5, 0.6) is 5.75 Å². The Balaban J connectivity index is 2.20. The standard InChI is InChI=1S/C17H20ClNO/c1-4-16(13-6-5-7-14(18)11-13)19-15-8-9-17(20-3)12(2)10-15/h5-11,16,19H,4H2,1-3H3. The summed E-state index contributed by atoms with van der Waals surface area (Å²) in [7, 11) is 1.69. The Morgan fingerprint density at radius 2 is 2.00 bits per heavy atom. The fourth-order valence-electron chi connectivity index (χ4n) is 2.31. The molecule has 0 heterocycles. The second kappa shape index (κ2) is 6.67. The van der Waals surface area contributed by atoms with Crippen molar-refractivity contribution in [2.45, 2.75) is 26.3 Å². The third-order valence-corrected chi connectivity index (χ3v) is 3.63. The molecule has 2 aromatic rings. The molecule has 1 atom stereocenters. The summed E-state index contributed by atoms with van der Waals surface area (Å²) in [6.07, 6.45) is 0.991.